The van der Waals surface area contributed by atoms with Gasteiger partial charge in [-0.25, -0.2) is 0 Å². The molecule has 4 fully saturated rings. The highest BCUT2D eigenvalue weighted by Gasteiger charge is 2.76. The third-order valence-corrected chi connectivity index (χ3v) is 10.6. The smallest absolute Gasteiger partial charge is 0.327 e. The fraction of sp³-hybridized carbons (Fsp3) is 0.750. The van der Waals surface area contributed by atoms with Crippen molar-refractivity contribution < 1.29 is 43.3 Å². The Balaban J connectivity index is 1.46. The van der Waals surface area contributed by atoms with Gasteiger partial charge in [0.25, 0.3) is 0 Å². The van der Waals surface area contributed by atoms with Crippen LogP contribution in [0.1, 0.15) is 111 Å². The molecule has 2 unspecified atom stereocenters. The molecule has 3 heterocycles. The van der Waals surface area contributed by atoms with E-state index in [9.17, 15) is 19.5 Å². The lowest BCUT2D eigenvalue weighted by Gasteiger charge is -2.49. The molecular weight excluding hydrogens is 731 g/mol. The van der Waals surface area contributed by atoms with E-state index in [0.717, 1.165) is 47.7 Å². The average Bonchev–Trinajstić information content (AvgIpc) is 3.57. The SMILES string of the molecule is CCCCCC1(CCCCC)O[C@@H]2[C@H]3ON(Cc4cccc(I)c4)[C@H]4C(=O)OC(CC34C(=O)N[C@H](CO)CCC(=O)OC(C)(C)C)[C@@H]2O1. The molecule has 5 rings (SSSR count). The number of rotatable bonds is 16. The van der Waals surface area contributed by atoms with E-state index in [1.165, 1.54) is 0 Å². The summed E-state index contributed by atoms with van der Waals surface area (Å²) in [5.74, 6) is -2.24. The predicted molar refractivity (Wildman–Crippen MR) is 185 cm³/mol. The van der Waals surface area contributed by atoms with E-state index in [1.807, 2.05) is 24.3 Å². The average molecular weight is 785 g/mol. The minimum atomic E-state index is -1.37. The number of fused-ring (bicyclic) bond motifs is 4. The van der Waals surface area contributed by atoms with Crippen molar-refractivity contribution in [1.82, 2.24) is 10.4 Å². The van der Waals surface area contributed by atoms with Crippen LogP contribution in [0.4, 0.5) is 0 Å². The molecule has 1 aromatic rings. The molecule has 48 heavy (non-hydrogen) atoms. The lowest BCUT2D eigenvalue weighted by molar-refractivity contribution is -0.224. The fourth-order valence-electron chi connectivity index (χ4n) is 7.73. The van der Waals surface area contributed by atoms with Crippen LogP contribution in [0.2, 0.25) is 0 Å². The van der Waals surface area contributed by atoms with E-state index in [0.29, 0.717) is 12.8 Å². The molecule has 2 bridgehead atoms. The Morgan fingerprint density at radius 2 is 1.79 bits per heavy atom. The number of amides is 1. The van der Waals surface area contributed by atoms with Crippen LogP contribution in [0.5, 0.6) is 0 Å². The summed E-state index contributed by atoms with van der Waals surface area (Å²) in [6, 6.07) is 6.12. The highest BCUT2D eigenvalue weighted by molar-refractivity contribution is 14.1. The lowest BCUT2D eigenvalue weighted by atomic mass is 9.62. The van der Waals surface area contributed by atoms with Gasteiger partial charge in [0.1, 0.15) is 35.4 Å². The van der Waals surface area contributed by atoms with Crippen LogP contribution in [0.3, 0.4) is 0 Å². The Morgan fingerprint density at radius 3 is 2.42 bits per heavy atom. The van der Waals surface area contributed by atoms with Gasteiger partial charge in [-0.2, -0.15) is 5.06 Å². The zero-order chi connectivity index (χ0) is 34.7. The Kier molecular flexibility index (Phi) is 12.2. The number of carbonyl (C=O) groups is 3. The molecule has 268 valence electrons. The van der Waals surface area contributed by atoms with Crippen LogP contribution in [-0.2, 0) is 44.7 Å². The zero-order valence-electron chi connectivity index (χ0n) is 29.0. The van der Waals surface area contributed by atoms with Gasteiger partial charge in [-0.15, -0.1) is 0 Å². The van der Waals surface area contributed by atoms with Gasteiger partial charge >= 0.3 is 11.9 Å². The van der Waals surface area contributed by atoms with Gasteiger partial charge in [-0.1, -0.05) is 51.7 Å². The van der Waals surface area contributed by atoms with Crippen molar-refractivity contribution >= 4 is 40.4 Å². The molecule has 4 aliphatic rings. The van der Waals surface area contributed by atoms with E-state index in [2.05, 4.69) is 41.8 Å². The molecule has 0 radical (unpaired) electrons. The third-order valence-electron chi connectivity index (χ3n) is 9.90. The summed E-state index contributed by atoms with van der Waals surface area (Å²) in [6.45, 7) is 9.56. The number of aliphatic hydroxyl groups is 1. The molecule has 12 heteroatoms. The Bertz CT molecular complexity index is 1290. The number of hydroxylamine groups is 2. The zero-order valence-corrected chi connectivity index (χ0v) is 31.2. The molecule has 3 saturated heterocycles. The summed E-state index contributed by atoms with van der Waals surface area (Å²) in [7, 11) is 0. The summed E-state index contributed by atoms with van der Waals surface area (Å²) in [6.07, 6.45) is 5.09. The van der Waals surface area contributed by atoms with Crippen molar-refractivity contribution in [1.29, 1.82) is 0 Å². The molecular formula is C36H53IN2O9. The maximum atomic E-state index is 14.7. The third kappa shape index (κ3) is 8.04. The van der Waals surface area contributed by atoms with Crippen LogP contribution in [-0.4, -0.2) is 82.5 Å². The van der Waals surface area contributed by atoms with Gasteiger partial charge in [0.2, 0.25) is 5.91 Å². The normalized spacial score (nSPS) is 29.6. The number of carbonyl (C=O) groups excluding carboxylic acids is 3. The van der Waals surface area contributed by atoms with Crippen molar-refractivity contribution in [3.63, 3.8) is 0 Å². The standard InChI is InChI=1S/C36H53IN2O9/c1-6-8-10-17-35(18-11-9-7-2)46-28-26-20-36(33(43)38-25(22-40)15-16-27(41)45-34(3,4)5)30(32(42)44-26)39(48-31(36)29(28)47-35)21-23-13-12-14-24(37)19-23/h12-14,19,25-26,28-31,40H,6-11,15-18,20-22H2,1-5H3,(H,38,43)/t25-,26?,28-,29-,30-,31+,36?/m0/s1. The van der Waals surface area contributed by atoms with E-state index in [-0.39, 0.29) is 32.4 Å². The number of halogens is 1. The highest BCUT2D eigenvalue weighted by Crippen LogP contribution is 2.58. The van der Waals surface area contributed by atoms with Crippen molar-refractivity contribution in [3.05, 3.63) is 33.4 Å². The number of nitrogens with one attached hydrogen (secondary N) is 1. The molecule has 3 aliphatic heterocycles. The number of hydrogen-bond donors (Lipinski definition) is 2. The monoisotopic (exact) mass is 784 g/mol. The number of esters is 2. The minimum absolute atomic E-state index is 0.0161. The highest BCUT2D eigenvalue weighted by atomic mass is 127. The summed E-state index contributed by atoms with van der Waals surface area (Å²) >= 11 is 2.24. The number of aliphatic hydroxyl groups excluding tert-OH is 1. The quantitative estimate of drug-likeness (QED) is 0.129. The van der Waals surface area contributed by atoms with E-state index < -0.39 is 71.1 Å². The second-order valence-corrected chi connectivity index (χ2v) is 16.1. The maximum absolute atomic E-state index is 14.7. The van der Waals surface area contributed by atoms with Crippen molar-refractivity contribution in [3.8, 4) is 0 Å². The predicted octanol–water partition coefficient (Wildman–Crippen LogP) is 5.33. The van der Waals surface area contributed by atoms with Crippen LogP contribution >= 0.6 is 22.6 Å². The topological polar surface area (TPSA) is 133 Å². The first kappa shape index (κ1) is 37.4. The first-order valence-electron chi connectivity index (χ1n) is 17.7. The number of hydrogen-bond acceptors (Lipinski definition) is 10. The molecule has 2 N–H and O–H groups in total. The van der Waals surface area contributed by atoms with Gasteiger partial charge in [0.15, 0.2) is 11.8 Å². The molecule has 11 nitrogen and oxygen atoms in total. The number of ether oxygens (including phenoxy) is 4. The molecule has 0 aromatic heterocycles. The minimum Gasteiger partial charge on any atom is -0.460 e. The lowest BCUT2D eigenvalue weighted by Crippen LogP contribution is -2.70. The Morgan fingerprint density at radius 1 is 1.10 bits per heavy atom. The van der Waals surface area contributed by atoms with E-state index in [4.69, 9.17) is 23.8 Å². The Labute approximate surface area is 298 Å². The summed E-state index contributed by atoms with van der Waals surface area (Å²) in [5.41, 5.74) is -1.09. The first-order valence-corrected chi connectivity index (χ1v) is 18.8. The van der Waals surface area contributed by atoms with Crippen LogP contribution in [0, 0.1) is 8.99 Å². The number of nitrogens with zero attached hydrogens (tertiary/aromatic N) is 1. The molecule has 7 atom stereocenters. The van der Waals surface area contributed by atoms with E-state index >= 15 is 0 Å². The van der Waals surface area contributed by atoms with Crippen LogP contribution in [0.15, 0.2) is 24.3 Å². The molecule has 0 spiro atoms. The van der Waals surface area contributed by atoms with Gasteiger partial charge < -0.3 is 29.4 Å². The first-order chi connectivity index (χ1) is 22.8. The molecule has 1 aromatic carbocycles. The largest absolute Gasteiger partial charge is 0.460 e. The van der Waals surface area contributed by atoms with Gasteiger partial charge in [-0.3, -0.25) is 19.2 Å². The maximum Gasteiger partial charge on any atom is 0.327 e. The second-order valence-electron chi connectivity index (χ2n) is 14.8. The van der Waals surface area contributed by atoms with Crippen LogP contribution in [0.25, 0.3) is 0 Å². The summed E-state index contributed by atoms with van der Waals surface area (Å²) in [5, 5.41) is 14.9. The summed E-state index contributed by atoms with van der Waals surface area (Å²) in [4.78, 5) is 47.8. The van der Waals surface area contributed by atoms with Gasteiger partial charge in [0, 0.05) is 29.3 Å². The van der Waals surface area contributed by atoms with Crippen molar-refractivity contribution in [2.75, 3.05) is 6.61 Å². The van der Waals surface area contributed by atoms with Crippen LogP contribution < -0.4 is 5.32 Å². The second kappa shape index (κ2) is 15.6. The molecule has 1 amide bonds. The number of unbranched alkanes of at least 4 members (excludes halogenated alkanes) is 4. The van der Waals surface area contributed by atoms with Crippen molar-refractivity contribution in [2.24, 2.45) is 5.41 Å². The summed E-state index contributed by atoms with van der Waals surface area (Å²) < 4.78 is 26.3. The fourth-order valence-corrected chi connectivity index (χ4v) is 8.33. The van der Waals surface area contributed by atoms with E-state index in [1.54, 1.807) is 25.8 Å². The number of benzene rings is 1. The van der Waals surface area contributed by atoms with Gasteiger partial charge in [0.05, 0.1) is 19.2 Å². The van der Waals surface area contributed by atoms with Crippen molar-refractivity contribution in [2.45, 2.75) is 160 Å². The molecule has 1 aliphatic carbocycles. The Hall–Kier alpha value is -1.84. The molecule has 1 saturated carbocycles. The van der Waals surface area contributed by atoms with Gasteiger partial charge in [-0.05, 0) is 80.3 Å².